The van der Waals surface area contributed by atoms with Gasteiger partial charge < -0.3 is 14.5 Å². The van der Waals surface area contributed by atoms with Crippen molar-refractivity contribution < 1.29 is 9.18 Å². The van der Waals surface area contributed by atoms with E-state index >= 15 is 0 Å². The molecule has 3 heterocycles. The zero-order valence-electron chi connectivity index (χ0n) is 17.5. The standard InChI is InChI=1S/C23H22FN5O2/c1-14-4-5-17(27-22(30)21-25-7-9-29(21)8-6-24)12-18(14)19-11-16-13-26-15(2)10-20(16)28(3)23(19)31/h4-5,7,9-13H,6,8H2,1-3H3,(H,27,30). The van der Waals surface area contributed by atoms with Crippen LogP contribution in [0.3, 0.4) is 0 Å². The Hall–Kier alpha value is -3.81. The van der Waals surface area contributed by atoms with Gasteiger partial charge in [-0.25, -0.2) is 9.37 Å². The fourth-order valence-electron chi connectivity index (χ4n) is 3.62. The van der Waals surface area contributed by atoms with E-state index in [1.54, 1.807) is 36.1 Å². The van der Waals surface area contributed by atoms with E-state index in [1.807, 2.05) is 32.0 Å². The second-order valence-corrected chi connectivity index (χ2v) is 7.42. The first kappa shape index (κ1) is 20.5. The van der Waals surface area contributed by atoms with Crippen molar-refractivity contribution in [2.24, 2.45) is 7.05 Å². The zero-order valence-corrected chi connectivity index (χ0v) is 17.5. The summed E-state index contributed by atoms with van der Waals surface area (Å²) in [6, 6.07) is 9.07. The van der Waals surface area contributed by atoms with Crippen LogP contribution in [0, 0.1) is 13.8 Å². The minimum atomic E-state index is -0.592. The third-order valence-electron chi connectivity index (χ3n) is 5.27. The van der Waals surface area contributed by atoms with Crippen molar-refractivity contribution in [3.8, 4) is 11.1 Å². The van der Waals surface area contributed by atoms with Gasteiger partial charge in [0.25, 0.3) is 11.5 Å². The fraction of sp³-hybridized carbons (Fsp3) is 0.217. The van der Waals surface area contributed by atoms with E-state index in [0.717, 1.165) is 22.2 Å². The molecule has 0 saturated heterocycles. The van der Waals surface area contributed by atoms with Gasteiger partial charge in [-0.1, -0.05) is 6.07 Å². The van der Waals surface area contributed by atoms with Gasteiger partial charge in [0.05, 0.1) is 12.1 Å². The molecule has 4 aromatic rings. The summed E-state index contributed by atoms with van der Waals surface area (Å²) < 4.78 is 15.8. The van der Waals surface area contributed by atoms with Crippen molar-refractivity contribution in [1.82, 2.24) is 19.1 Å². The largest absolute Gasteiger partial charge is 0.324 e. The number of pyridine rings is 2. The number of nitrogens with one attached hydrogen (secondary N) is 1. The Kier molecular flexibility index (Phi) is 5.37. The molecule has 7 nitrogen and oxygen atoms in total. The van der Waals surface area contributed by atoms with Crippen LogP contribution >= 0.6 is 0 Å². The number of hydrogen-bond donors (Lipinski definition) is 1. The van der Waals surface area contributed by atoms with Crippen molar-refractivity contribution in [3.05, 3.63) is 76.4 Å². The number of nitrogens with zero attached hydrogens (tertiary/aromatic N) is 4. The van der Waals surface area contributed by atoms with E-state index in [-0.39, 0.29) is 17.9 Å². The van der Waals surface area contributed by atoms with Crippen molar-refractivity contribution >= 4 is 22.5 Å². The van der Waals surface area contributed by atoms with Crippen LogP contribution in [-0.4, -0.2) is 31.7 Å². The van der Waals surface area contributed by atoms with Crippen molar-refractivity contribution in [1.29, 1.82) is 0 Å². The summed E-state index contributed by atoms with van der Waals surface area (Å²) in [5.74, 6) is -0.317. The average Bonchev–Trinajstić information content (AvgIpc) is 3.21. The molecule has 0 fully saturated rings. The highest BCUT2D eigenvalue weighted by molar-refractivity contribution is 6.02. The Labute approximate surface area is 178 Å². The second kappa shape index (κ2) is 8.14. The molecule has 8 heteroatoms. The van der Waals surface area contributed by atoms with Crippen molar-refractivity contribution in [2.75, 3.05) is 12.0 Å². The number of hydrogen-bond acceptors (Lipinski definition) is 4. The summed E-state index contributed by atoms with van der Waals surface area (Å²) >= 11 is 0. The Morgan fingerprint density at radius 1 is 1.13 bits per heavy atom. The molecule has 0 saturated carbocycles. The Morgan fingerprint density at radius 3 is 2.71 bits per heavy atom. The summed E-state index contributed by atoms with van der Waals surface area (Å²) in [5.41, 5.74) is 4.16. The molecular formula is C23H22FN5O2. The highest BCUT2D eigenvalue weighted by Crippen LogP contribution is 2.27. The van der Waals surface area contributed by atoms with Gasteiger partial charge in [-0.05, 0) is 49.2 Å². The molecule has 1 N–H and O–H groups in total. The van der Waals surface area contributed by atoms with Gasteiger partial charge in [-0.15, -0.1) is 0 Å². The van der Waals surface area contributed by atoms with Crippen LogP contribution < -0.4 is 10.9 Å². The average molecular weight is 419 g/mol. The van der Waals surface area contributed by atoms with E-state index < -0.39 is 12.6 Å². The molecule has 0 aliphatic heterocycles. The third kappa shape index (κ3) is 3.84. The van der Waals surface area contributed by atoms with Crippen LogP contribution in [0.1, 0.15) is 21.9 Å². The van der Waals surface area contributed by atoms with Gasteiger partial charge in [0.1, 0.15) is 6.67 Å². The molecular weight excluding hydrogens is 397 g/mol. The summed E-state index contributed by atoms with van der Waals surface area (Å²) in [4.78, 5) is 34.1. The molecule has 1 aromatic carbocycles. The van der Waals surface area contributed by atoms with E-state index in [0.29, 0.717) is 16.8 Å². The van der Waals surface area contributed by atoms with E-state index in [4.69, 9.17) is 0 Å². The Balaban J connectivity index is 1.74. The molecule has 0 unspecified atom stereocenters. The summed E-state index contributed by atoms with van der Waals surface area (Å²) in [7, 11) is 1.74. The van der Waals surface area contributed by atoms with Crippen molar-refractivity contribution in [2.45, 2.75) is 20.4 Å². The molecule has 0 aliphatic rings. The molecule has 0 aliphatic carbocycles. The van der Waals surface area contributed by atoms with E-state index in [2.05, 4.69) is 15.3 Å². The lowest BCUT2D eigenvalue weighted by Crippen LogP contribution is -2.20. The normalized spacial score (nSPS) is 11.1. The van der Waals surface area contributed by atoms with Gasteiger partial charge in [0.2, 0.25) is 0 Å². The lowest BCUT2D eigenvalue weighted by atomic mass is 9.99. The van der Waals surface area contributed by atoms with Crippen LogP contribution in [0.5, 0.6) is 0 Å². The molecule has 4 rings (SSSR count). The number of benzene rings is 1. The first-order chi connectivity index (χ1) is 14.9. The van der Waals surface area contributed by atoms with Gasteiger partial charge in [0, 0.05) is 48.0 Å². The van der Waals surface area contributed by atoms with Crippen LogP contribution in [0.4, 0.5) is 10.1 Å². The molecule has 0 bridgehead atoms. The SMILES string of the molecule is Cc1cc2c(cn1)cc(-c1cc(NC(=O)c3nccn3CCF)ccc1C)c(=O)n2C. The number of anilines is 1. The van der Waals surface area contributed by atoms with E-state index in [1.165, 1.54) is 10.8 Å². The first-order valence-electron chi connectivity index (χ1n) is 9.85. The molecule has 0 radical (unpaired) electrons. The molecule has 3 aromatic heterocycles. The lowest BCUT2D eigenvalue weighted by molar-refractivity contribution is 0.101. The molecule has 158 valence electrons. The predicted molar refractivity (Wildman–Crippen MR) is 118 cm³/mol. The molecule has 1 amide bonds. The summed E-state index contributed by atoms with van der Waals surface area (Å²) in [6.07, 6.45) is 4.77. The number of halogens is 1. The maximum Gasteiger partial charge on any atom is 0.291 e. The number of aryl methyl sites for hydroxylation is 4. The first-order valence-corrected chi connectivity index (χ1v) is 9.85. The number of alkyl halides is 1. The minimum absolute atomic E-state index is 0.0581. The highest BCUT2D eigenvalue weighted by atomic mass is 19.1. The summed E-state index contributed by atoms with van der Waals surface area (Å²) in [6.45, 7) is 3.26. The Bertz CT molecular complexity index is 1360. The van der Waals surface area contributed by atoms with Crippen LogP contribution in [0.2, 0.25) is 0 Å². The van der Waals surface area contributed by atoms with Gasteiger partial charge in [-0.2, -0.15) is 0 Å². The number of amides is 1. The van der Waals surface area contributed by atoms with Crippen molar-refractivity contribution in [3.63, 3.8) is 0 Å². The highest BCUT2D eigenvalue weighted by Gasteiger charge is 2.16. The number of rotatable bonds is 5. The fourth-order valence-corrected chi connectivity index (χ4v) is 3.62. The minimum Gasteiger partial charge on any atom is -0.324 e. The van der Waals surface area contributed by atoms with E-state index in [9.17, 15) is 14.0 Å². The van der Waals surface area contributed by atoms with Crippen LogP contribution in [-0.2, 0) is 13.6 Å². The number of imidazole rings is 1. The number of carbonyl (C=O) groups is 1. The number of fused-ring (bicyclic) bond motifs is 1. The zero-order chi connectivity index (χ0) is 22.1. The predicted octanol–water partition coefficient (Wildman–Crippen LogP) is 3.64. The van der Waals surface area contributed by atoms with Gasteiger partial charge in [0.15, 0.2) is 5.82 Å². The Morgan fingerprint density at radius 2 is 1.94 bits per heavy atom. The molecule has 31 heavy (non-hydrogen) atoms. The quantitative estimate of drug-likeness (QED) is 0.536. The molecule has 0 atom stereocenters. The lowest BCUT2D eigenvalue weighted by Gasteiger charge is -2.13. The maximum absolute atomic E-state index is 13.1. The van der Waals surface area contributed by atoms with Crippen LogP contribution in [0.15, 0.2) is 53.7 Å². The third-order valence-corrected chi connectivity index (χ3v) is 5.27. The smallest absolute Gasteiger partial charge is 0.291 e. The van der Waals surface area contributed by atoms with Gasteiger partial charge >= 0.3 is 0 Å². The van der Waals surface area contributed by atoms with Crippen LogP contribution in [0.25, 0.3) is 22.0 Å². The molecule has 0 spiro atoms. The van der Waals surface area contributed by atoms with Gasteiger partial charge in [-0.3, -0.25) is 14.6 Å². The topological polar surface area (TPSA) is 81.8 Å². The second-order valence-electron chi connectivity index (χ2n) is 7.42. The number of carbonyl (C=O) groups excluding carboxylic acids is 1. The maximum atomic E-state index is 13.1. The summed E-state index contributed by atoms with van der Waals surface area (Å²) in [5, 5.41) is 3.64. The monoisotopic (exact) mass is 419 g/mol. The number of aromatic nitrogens is 4.